The number of hydrogen-bond donors (Lipinski definition) is 1. The van der Waals surface area contributed by atoms with Gasteiger partial charge >= 0.3 is 0 Å². The molecule has 2 nitrogen and oxygen atoms in total. The lowest BCUT2D eigenvalue weighted by atomic mass is 10.2. The largest absolute Gasteiger partial charge is 0.383 e. The minimum absolute atomic E-state index is 0.216. The van der Waals surface area contributed by atoms with Gasteiger partial charge in [0, 0.05) is 11.6 Å². The fraction of sp³-hybridized carbons (Fsp3) is 0.500. The zero-order valence-electron chi connectivity index (χ0n) is 9.17. The van der Waals surface area contributed by atoms with Crippen molar-refractivity contribution in [1.82, 2.24) is 0 Å². The Labute approximate surface area is 103 Å². The zero-order valence-corrected chi connectivity index (χ0v) is 10.8. The van der Waals surface area contributed by atoms with Crippen LogP contribution in [0.2, 0.25) is 0 Å². The van der Waals surface area contributed by atoms with Crippen LogP contribution in [0.1, 0.15) is 12.8 Å². The third-order valence-corrected chi connectivity index (χ3v) is 3.30. The number of ether oxygens (including phenoxy) is 1. The predicted molar refractivity (Wildman–Crippen MR) is 66.1 cm³/mol. The molecule has 4 heteroatoms. The van der Waals surface area contributed by atoms with Crippen LogP contribution < -0.4 is 5.32 Å². The van der Waals surface area contributed by atoms with E-state index in [9.17, 15) is 4.39 Å². The van der Waals surface area contributed by atoms with E-state index in [2.05, 4.69) is 21.2 Å². The first-order valence-corrected chi connectivity index (χ1v) is 6.20. The van der Waals surface area contributed by atoms with Crippen molar-refractivity contribution in [1.29, 1.82) is 0 Å². The van der Waals surface area contributed by atoms with Gasteiger partial charge < -0.3 is 10.1 Å². The fourth-order valence-corrected chi connectivity index (χ4v) is 2.14. The Morgan fingerprint density at radius 2 is 2.31 bits per heavy atom. The van der Waals surface area contributed by atoms with E-state index in [0.717, 1.165) is 4.47 Å². The Morgan fingerprint density at radius 1 is 1.56 bits per heavy atom. The molecule has 0 heterocycles. The van der Waals surface area contributed by atoms with Crippen molar-refractivity contribution in [2.45, 2.75) is 18.9 Å². The van der Waals surface area contributed by atoms with Crippen LogP contribution in [0.4, 0.5) is 10.1 Å². The molecule has 2 rings (SSSR count). The molecular formula is C12H15BrFNO. The second-order valence-electron chi connectivity index (χ2n) is 4.17. The summed E-state index contributed by atoms with van der Waals surface area (Å²) in [7, 11) is 1.67. The lowest BCUT2D eigenvalue weighted by Gasteiger charge is -2.19. The highest BCUT2D eigenvalue weighted by Crippen LogP contribution is 2.35. The van der Waals surface area contributed by atoms with Gasteiger partial charge in [-0.1, -0.05) is 15.9 Å². The summed E-state index contributed by atoms with van der Waals surface area (Å²) >= 11 is 3.34. The summed E-state index contributed by atoms with van der Waals surface area (Å²) in [4.78, 5) is 0. The number of methoxy groups -OCH3 is 1. The van der Waals surface area contributed by atoms with Crippen LogP contribution in [0, 0.1) is 11.7 Å². The molecule has 16 heavy (non-hydrogen) atoms. The number of anilines is 1. The Bertz CT molecular complexity index is 368. The van der Waals surface area contributed by atoms with Crippen molar-refractivity contribution >= 4 is 21.6 Å². The van der Waals surface area contributed by atoms with E-state index in [1.165, 1.54) is 18.9 Å². The summed E-state index contributed by atoms with van der Waals surface area (Å²) in [6.07, 6.45) is 2.41. The number of rotatable bonds is 5. The molecule has 1 saturated carbocycles. The Kier molecular flexibility index (Phi) is 3.82. The molecule has 0 bridgehead atoms. The van der Waals surface area contributed by atoms with Gasteiger partial charge in [-0.2, -0.15) is 0 Å². The fourth-order valence-electron chi connectivity index (χ4n) is 1.78. The predicted octanol–water partition coefficient (Wildman–Crippen LogP) is 3.43. The van der Waals surface area contributed by atoms with Crippen molar-refractivity contribution in [2.24, 2.45) is 5.92 Å². The van der Waals surface area contributed by atoms with Crippen molar-refractivity contribution in [3.8, 4) is 0 Å². The maximum Gasteiger partial charge on any atom is 0.146 e. The Balaban J connectivity index is 2.08. The molecule has 1 atom stereocenters. The number of benzene rings is 1. The van der Waals surface area contributed by atoms with E-state index >= 15 is 0 Å². The molecule has 1 aromatic carbocycles. The van der Waals surface area contributed by atoms with Crippen molar-refractivity contribution < 1.29 is 9.13 Å². The molecule has 88 valence electrons. The monoisotopic (exact) mass is 287 g/mol. The third-order valence-electron chi connectivity index (χ3n) is 2.81. The molecule has 0 aliphatic heterocycles. The highest BCUT2D eigenvalue weighted by molar-refractivity contribution is 9.10. The normalized spacial score (nSPS) is 17.2. The average Bonchev–Trinajstić information content (AvgIpc) is 3.06. The van der Waals surface area contributed by atoms with E-state index in [0.29, 0.717) is 18.2 Å². The molecule has 0 radical (unpaired) electrons. The van der Waals surface area contributed by atoms with Gasteiger partial charge in [0.25, 0.3) is 0 Å². The van der Waals surface area contributed by atoms with E-state index in [4.69, 9.17) is 4.74 Å². The highest BCUT2D eigenvalue weighted by Gasteiger charge is 2.31. The van der Waals surface area contributed by atoms with Gasteiger partial charge in [-0.15, -0.1) is 0 Å². The van der Waals surface area contributed by atoms with Crippen LogP contribution >= 0.6 is 15.9 Å². The topological polar surface area (TPSA) is 21.3 Å². The van der Waals surface area contributed by atoms with Crippen LogP contribution in [-0.4, -0.2) is 19.8 Å². The van der Waals surface area contributed by atoms with Crippen molar-refractivity contribution in [3.05, 3.63) is 28.5 Å². The number of hydrogen-bond acceptors (Lipinski definition) is 2. The Morgan fingerprint density at radius 3 is 2.94 bits per heavy atom. The lowest BCUT2D eigenvalue weighted by Crippen LogP contribution is -2.27. The van der Waals surface area contributed by atoms with Crippen LogP contribution in [0.25, 0.3) is 0 Å². The molecule has 0 amide bonds. The number of halogens is 2. The second kappa shape index (κ2) is 5.15. The molecular weight excluding hydrogens is 273 g/mol. The molecule has 1 N–H and O–H groups in total. The molecule has 1 fully saturated rings. The lowest BCUT2D eigenvalue weighted by molar-refractivity contribution is 0.179. The van der Waals surface area contributed by atoms with E-state index in [1.807, 2.05) is 0 Å². The van der Waals surface area contributed by atoms with Crippen molar-refractivity contribution in [2.75, 3.05) is 19.0 Å². The summed E-state index contributed by atoms with van der Waals surface area (Å²) in [5.74, 6) is 0.406. The van der Waals surface area contributed by atoms with E-state index < -0.39 is 0 Å². The standard InChI is InChI=1S/C12H15BrFNO/c1-16-7-12(8-2-3-8)15-11-6-9(13)4-5-10(11)14/h4-6,8,12,15H,2-3,7H2,1H3. The molecule has 1 aliphatic rings. The maximum atomic E-state index is 13.5. The third kappa shape index (κ3) is 2.95. The van der Waals surface area contributed by atoms with Gasteiger partial charge in [-0.25, -0.2) is 4.39 Å². The van der Waals surface area contributed by atoms with Crippen LogP contribution in [0.15, 0.2) is 22.7 Å². The summed E-state index contributed by atoms with van der Waals surface area (Å²) in [5, 5.41) is 3.22. The molecule has 1 aromatic rings. The minimum atomic E-state index is -0.218. The summed E-state index contributed by atoms with van der Waals surface area (Å²) in [6, 6.07) is 5.14. The maximum absolute atomic E-state index is 13.5. The highest BCUT2D eigenvalue weighted by atomic mass is 79.9. The van der Waals surface area contributed by atoms with E-state index in [-0.39, 0.29) is 11.9 Å². The van der Waals surface area contributed by atoms with Gasteiger partial charge in [-0.3, -0.25) is 0 Å². The summed E-state index contributed by atoms with van der Waals surface area (Å²) < 4.78 is 19.6. The molecule has 0 saturated heterocycles. The molecule has 1 unspecified atom stereocenters. The smallest absolute Gasteiger partial charge is 0.146 e. The summed E-state index contributed by atoms with van der Waals surface area (Å²) in [6.45, 7) is 0.622. The van der Waals surface area contributed by atoms with E-state index in [1.54, 1.807) is 19.2 Å². The second-order valence-corrected chi connectivity index (χ2v) is 5.08. The Hall–Kier alpha value is -0.610. The number of nitrogens with one attached hydrogen (secondary N) is 1. The van der Waals surface area contributed by atoms with Gasteiger partial charge in [0.05, 0.1) is 18.3 Å². The van der Waals surface area contributed by atoms with Crippen molar-refractivity contribution in [3.63, 3.8) is 0 Å². The molecule has 0 aromatic heterocycles. The average molecular weight is 288 g/mol. The van der Waals surface area contributed by atoms with Gasteiger partial charge in [0.2, 0.25) is 0 Å². The summed E-state index contributed by atoms with van der Waals surface area (Å²) in [5.41, 5.74) is 0.545. The van der Waals surface area contributed by atoms with Crippen LogP contribution in [-0.2, 0) is 4.74 Å². The van der Waals surface area contributed by atoms with Gasteiger partial charge in [-0.05, 0) is 37.0 Å². The molecule has 1 aliphatic carbocycles. The first-order chi connectivity index (χ1) is 7.70. The van der Waals surface area contributed by atoms with Crippen LogP contribution in [0.3, 0.4) is 0 Å². The SMILES string of the molecule is COCC(Nc1cc(Br)ccc1F)C1CC1. The zero-order chi connectivity index (χ0) is 11.5. The quantitative estimate of drug-likeness (QED) is 0.896. The first-order valence-electron chi connectivity index (χ1n) is 5.41. The first kappa shape index (κ1) is 11.9. The van der Waals surface area contributed by atoms with Gasteiger partial charge in [0.1, 0.15) is 5.82 Å². The minimum Gasteiger partial charge on any atom is -0.383 e. The molecule has 0 spiro atoms. The van der Waals surface area contributed by atoms with Crippen LogP contribution in [0.5, 0.6) is 0 Å². The van der Waals surface area contributed by atoms with Gasteiger partial charge in [0.15, 0.2) is 0 Å².